The van der Waals surface area contributed by atoms with Gasteiger partial charge in [0.2, 0.25) is 0 Å². The fraction of sp³-hybridized carbons (Fsp3) is 0.400. The molecule has 56 valence electrons. The Morgan fingerprint density at radius 3 is 2.20 bits per heavy atom. The highest BCUT2D eigenvalue weighted by Gasteiger charge is 1.81. The molecular weight excluding hydrogens is 131 g/mol. The number of nitrogens with zero attached hydrogens (tertiary/aromatic N) is 2. The molecule has 2 N–H and O–H groups in total. The number of aromatic nitrogens is 2. The highest BCUT2D eigenvalue weighted by atomic mass is 16.4. The summed E-state index contributed by atoms with van der Waals surface area (Å²) in [6.45, 7) is 1.97. The predicted octanol–water partition coefficient (Wildman–Crippen LogP) is -1.03. The van der Waals surface area contributed by atoms with Crippen LogP contribution in [-0.2, 0) is 7.05 Å². The Morgan fingerprint density at radius 1 is 1.60 bits per heavy atom. The van der Waals surface area contributed by atoms with Gasteiger partial charge in [-0.3, -0.25) is 4.68 Å². The molecule has 0 aromatic carbocycles. The zero-order valence-electron chi connectivity index (χ0n) is 6.15. The van der Waals surface area contributed by atoms with E-state index in [1.54, 1.807) is 4.68 Å². The van der Waals surface area contributed by atoms with Gasteiger partial charge in [0, 0.05) is 13.2 Å². The lowest BCUT2D eigenvalue weighted by atomic mass is 10.5. The average molecular weight is 142 g/mol. The van der Waals surface area contributed by atoms with Crippen molar-refractivity contribution in [3.8, 4) is 0 Å². The monoisotopic (exact) mass is 142 g/mol. The largest absolute Gasteiger partial charge is 0.432 e. The summed E-state index contributed by atoms with van der Waals surface area (Å²) >= 11 is 0. The first-order valence-electron chi connectivity index (χ1n) is 2.88. The third-order valence-electron chi connectivity index (χ3n) is 0.847. The Labute approximate surface area is 60.4 Å². The van der Waals surface area contributed by atoms with Gasteiger partial charge in [-0.2, -0.15) is 5.10 Å². The van der Waals surface area contributed by atoms with Crippen LogP contribution in [0.1, 0.15) is 5.69 Å². The first kappa shape index (κ1) is 9.19. The Kier molecular flexibility index (Phi) is 4.61. The molecule has 5 heteroatoms. The van der Waals surface area contributed by atoms with Crippen LogP contribution in [0.4, 0.5) is 0 Å². The molecule has 10 heavy (non-hydrogen) atoms. The molecule has 1 aromatic rings. The first-order valence-corrected chi connectivity index (χ1v) is 2.88. The molecule has 0 atom stereocenters. The van der Waals surface area contributed by atoms with E-state index in [9.17, 15) is 0 Å². The van der Waals surface area contributed by atoms with Gasteiger partial charge in [0.25, 0.3) is 0 Å². The molecule has 0 bridgehead atoms. The standard InChI is InChI=1S/C5H8N2.BH3O2/c1-5-3-4-7(2)6-5;2-1-3/h3-4H,1-2H3;1-3H. The van der Waals surface area contributed by atoms with Gasteiger partial charge in [-0.1, -0.05) is 0 Å². The SMILES string of the molecule is Cc1ccn(C)n1.OBO. The predicted molar refractivity (Wildman–Crippen MR) is 39.5 cm³/mol. The van der Waals surface area contributed by atoms with Gasteiger partial charge in [-0.05, 0) is 13.0 Å². The van der Waals surface area contributed by atoms with Crippen molar-refractivity contribution in [3.05, 3.63) is 18.0 Å². The van der Waals surface area contributed by atoms with E-state index in [-0.39, 0.29) is 0 Å². The first-order chi connectivity index (χ1) is 4.70. The highest BCUT2D eigenvalue weighted by Crippen LogP contribution is 1.86. The molecular formula is C5H11BN2O2. The van der Waals surface area contributed by atoms with Crippen molar-refractivity contribution in [2.45, 2.75) is 6.92 Å². The molecule has 0 aliphatic heterocycles. The van der Waals surface area contributed by atoms with Gasteiger partial charge in [0.05, 0.1) is 5.69 Å². The molecule has 1 heterocycles. The fourth-order valence-corrected chi connectivity index (χ4v) is 0.531. The van der Waals surface area contributed by atoms with Crippen LogP contribution in [-0.4, -0.2) is 27.5 Å². The maximum Gasteiger partial charge on any atom is 0.432 e. The molecule has 1 aromatic heterocycles. The number of hydrogen-bond acceptors (Lipinski definition) is 3. The Bertz CT molecular complexity index is 161. The van der Waals surface area contributed by atoms with E-state index in [0.29, 0.717) is 0 Å². The Morgan fingerprint density at radius 2 is 2.10 bits per heavy atom. The minimum Gasteiger partial charge on any atom is -0.430 e. The highest BCUT2D eigenvalue weighted by molar-refractivity contribution is 6.13. The lowest BCUT2D eigenvalue weighted by Crippen LogP contribution is -1.86. The van der Waals surface area contributed by atoms with Crippen molar-refractivity contribution in [3.63, 3.8) is 0 Å². The van der Waals surface area contributed by atoms with Gasteiger partial charge in [-0.15, -0.1) is 0 Å². The molecule has 4 nitrogen and oxygen atoms in total. The molecule has 0 fully saturated rings. The zero-order chi connectivity index (χ0) is 7.98. The van der Waals surface area contributed by atoms with Crippen molar-refractivity contribution in [2.24, 2.45) is 7.05 Å². The minimum absolute atomic E-state index is 0.750. The number of hydrogen-bond donors (Lipinski definition) is 2. The van der Waals surface area contributed by atoms with Crippen LogP contribution in [0, 0.1) is 6.92 Å². The van der Waals surface area contributed by atoms with E-state index >= 15 is 0 Å². The molecule has 0 radical (unpaired) electrons. The van der Waals surface area contributed by atoms with Gasteiger partial charge in [-0.25, -0.2) is 0 Å². The minimum atomic E-state index is -0.750. The normalized spacial score (nSPS) is 8.00. The molecule has 0 aliphatic carbocycles. The second-order valence-corrected chi connectivity index (χ2v) is 1.77. The summed E-state index contributed by atoms with van der Waals surface area (Å²) in [7, 11) is 1.16. The van der Waals surface area contributed by atoms with Gasteiger partial charge < -0.3 is 10.0 Å². The summed E-state index contributed by atoms with van der Waals surface area (Å²) in [4.78, 5) is 0. The van der Waals surface area contributed by atoms with Crippen LogP contribution >= 0.6 is 0 Å². The topological polar surface area (TPSA) is 58.3 Å². The summed E-state index contributed by atoms with van der Waals surface area (Å²) in [5.41, 5.74) is 1.07. The van der Waals surface area contributed by atoms with E-state index in [2.05, 4.69) is 5.10 Å². The Balaban J connectivity index is 0.000000236. The smallest absolute Gasteiger partial charge is 0.430 e. The summed E-state index contributed by atoms with van der Waals surface area (Å²) < 4.78 is 1.79. The molecule has 1 rings (SSSR count). The van der Waals surface area contributed by atoms with Crippen molar-refractivity contribution < 1.29 is 10.0 Å². The average Bonchev–Trinajstić information content (AvgIpc) is 2.17. The third kappa shape index (κ3) is 4.11. The molecule has 0 spiro atoms. The second-order valence-electron chi connectivity index (χ2n) is 1.77. The maximum atomic E-state index is 7.12. The number of rotatable bonds is 0. The quantitative estimate of drug-likeness (QED) is 0.455. The molecule has 0 unspecified atom stereocenters. The Hall–Kier alpha value is -0.805. The fourth-order valence-electron chi connectivity index (χ4n) is 0.531. The summed E-state index contributed by atoms with van der Waals surface area (Å²) in [5, 5.41) is 18.3. The van der Waals surface area contributed by atoms with Crippen molar-refractivity contribution in [1.29, 1.82) is 0 Å². The van der Waals surface area contributed by atoms with Gasteiger partial charge in [0.15, 0.2) is 0 Å². The van der Waals surface area contributed by atoms with E-state index in [4.69, 9.17) is 10.0 Å². The zero-order valence-corrected chi connectivity index (χ0v) is 6.15. The van der Waals surface area contributed by atoms with Crippen molar-refractivity contribution >= 4 is 7.69 Å². The van der Waals surface area contributed by atoms with Gasteiger partial charge >= 0.3 is 7.69 Å². The third-order valence-corrected chi connectivity index (χ3v) is 0.847. The lowest BCUT2D eigenvalue weighted by Gasteiger charge is -1.79. The number of aryl methyl sites for hydroxylation is 2. The van der Waals surface area contributed by atoms with Gasteiger partial charge in [0.1, 0.15) is 0 Å². The molecule has 0 saturated carbocycles. The summed E-state index contributed by atoms with van der Waals surface area (Å²) in [6.07, 6.45) is 1.93. The van der Waals surface area contributed by atoms with E-state index in [1.165, 1.54) is 0 Å². The summed E-state index contributed by atoms with van der Waals surface area (Å²) in [6, 6.07) is 1.97. The van der Waals surface area contributed by atoms with E-state index < -0.39 is 7.69 Å². The molecule has 0 amide bonds. The molecule has 0 aliphatic rings. The van der Waals surface area contributed by atoms with Crippen LogP contribution in [0.2, 0.25) is 0 Å². The maximum absolute atomic E-state index is 7.12. The van der Waals surface area contributed by atoms with Crippen molar-refractivity contribution in [1.82, 2.24) is 9.78 Å². The van der Waals surface area contributed by atoms with Crippen LogP contribution in [0.15, 0.2) is 12.3 Å². The van der Waals surface area contributed by atoms with Crippen LogP contribution in [0.3, 0.4) is 0 Å². The van der Waals surface area contributed by atoms with Crippen LogP contribution in [0.5, 0.6) is 0 Å². The molecule has 0 saturated heterocycles. The second kappa shape index (κ2) is 5.02. The summed E-state index contributed by atoms with van der Waals surface area (Å²) in [5.74, 6) is 0. The van der Waals surface area contributed by atoms with Crippen LogP contribution < -0.4 is 0 Å². The van der Waals surface area contributed by atoms with Crippen LogP contribution in [0.25, 0.3) is 0 Å². The van der Waals surface area contributed by atoms with E-state index in [1.807, 2.05) is 26.2 Å². The lowest BCUT2D eigenvalue weighted by molar-refractivity contribution is 0.448. The van der Waals surface area contributed by atoms with Crippen molar-refractivity contribution in [2.75, 3.05) is 0 Å². The van der Waals surface area contributed by atoms with E-state index in [0.717, 1.165) is 5.69 Å².